The first-order chi connectivity index (χ1) is 4.72. The normalized spacial score (nSPS) is 20.2. The molecule has 0 saturated carbocycles. The Morgan fingerprint density at radius 1 is 1.70 bits per heavy atom. The number of hydrogen-bond acceptors (Lipinski definition) is 2. The van der Waals surface area contributed by atoms with Crippen molar-refractivity contribution in [3.05, 3.63) is 0 Å². The van der Waals surface area contributed by atoms with Crippen LogP contribution in [0.2, 0.25) is 0 Å². The van der Waals surface area contributed by atoms with Gasteiger partial charge in [0, 0.05) is 20.1 Å². The molecule has 1 aliphatic heterocycles. The molecule has 1 rings (SSSR count). The average molecular weight is 142 g/mol. The second-order valence-electron chi connectivity index (χ2n) is 2.97. The van der Waals surface area contributed by atoms with Crippen molar-refractivity contribution in [1.29, 1.82) is 0 Å². The maximum atomic E-state index is 10.8. The van der Waals surface area contributed by atoms with Gasteiger partial charge in [-0.05, 0) is 5.92 Å². The van der Waals surface area contributed by atoms with Gasteiger partial charge in [0.1, 0.15) is 0 Å². The lowest BCUT2D eigenvalue weighted by Crippen LogP contribution is -2.49. The SMILES string of the molecule is CNC(=O)CN1CC(C)C1. The third-order valence-corrected chi connectivity index (χ3v) is 1.79. The zero-order chi connectivity index (χ0) is 7.56. The van der Waals surface area contributed by atoms with Crippen LogP contribution in [0.4, 0.5) is 0 Å². The topological polar surface area (TPSA) is 32.3 Å². The van der Waals surface area contributed by atoms with E-state index in [9.17, 15) is 4.79 Å². The van der Waals surface area contributed by atoms with E-state index in [4.69, 9.17) is 0 Å². The van der Waals surface area contributed by atoms with Gasteiger partial charge in [-0.3, -0.25) is 9.69 Å². The zero-order valence-corrected chi connectivity index (χ0v) is 6.55. The van der Waals surface area contributed by atoms with Gasteiger partial charge in [-0.25, -0.2) is 0 Å². The minimum absolute atomic E-state index is 0.118. The summed E-state index contributed by atoms with van der Waals surface area (Å²) in [6.07, 6.45) is 0. The summed E-state index contributed by atoms with van der Waals surface area (Å²) in [5, 5.41) is 2.60. The Labute approximate surface area is 61.4 Å². The molecule has 0 bridgehead atoms. The summed E-state index contributed by atoms with van der Waals surface area (Å²) < 4.78 is 0. The molecule has 10 heavy (non-hydrogen) atoms. The lowest BCUT2D eigenvalue weighted by molar-refractivity contribution is -0.123. The molecule has 1 saturated heterocycles. The van der Waals surface area contributed by atoms with Gasteiger partial charge in [-0.15, -0.1) is 0 Å². The number of likely N-dealkylation sites (N-methyl/N-ethyl adjacent to an activating group) is 1. The number of carbonyl (C=O) groups is 1. The number of amides is 1. The minimum atomic E-state index is 0.118. The molecule has 1 amide bonds. The molecule has 0 aromatic heterocycles. The molecule has 0 aromatic carbocycles. The zero-order valence-electron chi connectivity index (χ0n) is 6.55. The van der Waals surface area contributed by atoms with E-state index in [1.54, 1.807) is 7.05 Å². The quantitative estimate of drug-likeness (QED) is 0.573. The molecule has 0 radical (unpaired) electrons. The minimum Gasteiger partial charge on any atom is -0.358 e. The van der Waals surface area contributed by atoms with Crippen molar-refractivity contribution in [1.82, 2.24) is 10.2 Å². The highest BCUT2D eigenvalue weighted by Crippen LogP contribution is 2.12. The van der Waals surface area contributed by atoms with Crippen LogP contribution in [0.15, 0.2) is 0 Å². The van der Waals surface area contributed by atoms with Gasteiger partial charge in [-0.2, -0.15) is 0 Å². The predicted molar refractivity (Wildman–Crippen MR) is 39.7 cm³/mol. The molecule has 0 unspecified atom stereocenters. The van der Waals surface area contributed by atoms with Crippen LogP contribution in [-0.2, 0) is 4.79 Å². The maximum Gasteiger partial charge on any atom is 0.233 e. The molecule has 1 N–H and O–H groups in total. The van der Waals surface area contributed by atoms with Crippen molar-refractivity contribution in [2.45, 2.75) is 6.92 Å². The van der Waals surface area contributed by atoms with Gasteiger partial charge in [0.25, 0.3) is 0 Å². The summed E-state index contributed by atoms with van der Waals surface area (Å²) >= 11 is 0. The van der Waals surface area contributed by atoms with E-state index < -0.39 is 0 Å². The fourth-order valence-corrected chi connectivity index (χ4v) is 1.24. The standard InChI is InChI=1S/C7H14N2O/c1-6-3-9(4-6)5-7(10)8-2/h6H,3-5H2,1-2H3,(H,8,10). The van der Waals surface area contributed by atoms with Crippen molar-refractivity contribution in [2.75, 3.05) is 26.7 Å². The third kappa shape index (κ3) is 1.70. The number of carbonyl (C=O) groups excluding carboxylic acids is 1. The lowest BCUT2D eigenvalue weighted by atomic mass is 10.0. The molecule has 3 nitrogen and oxygen atoms in total. The van der Waals surface area contributed by atoms with Gasteiger partial charge in [-0.1, -0.05) is 6.92 Å². The smallest absolute Gasteiger partial charge is 0.233 e. The highest BCUT2D eigenvalue weighted by atomic mass is 16.1. The Hall–Kier alpha value is -0.570. The van der Waals surface area contributed by atoms with E-state index in [-0.39, 0.29) is 5.91 Å². The van der Waals surface area contributed by atoms with Gasteiger partial charge in [0.2, 0.25) is 5.91 Å². The maximum absolute atomic E-state index is 10.8. The second-order valence-corrected chi connectivity index (χ2v) is 2.97. The average Bonchev–Trinajstić information content (AvgIpc) is 1.84. The number of rotatable bonds is 2. The second kappa shape index (κ2) is 3.01. The van der Waals surface area contributed by atoms with Gasteiger partial charge in [0.15, 0.2) is 0 Å². The van der Waals surface area contributed by atoms with E-state index in [1.807, 2.05) is 0 Å². The Morgan fingerprint density at radius 2 is 2.30 bits per heavy atom. The van der Waals surface area contributed by atoms with E-state index in [0.29, 0.717) is 6.54 Å². The largest absolute Gasteiger partial charge is 0.358 e. The van der Waals surface area contributed by atoms with E-state index in [2.05, 4.69) is 17.1 Å². The van der Waals surface area contributed by atoms with Crippen molar-refractivity contribution >= 4 is 5.91 Å². The summed E-state index contributed by atoms with van der Waals surface area (Å²) in [4.78, 5) is 12.9. The first-order valence-corrected chi connectivity index (χ1v) is 3.65. The monoisotopic (exact) mass is 142 g/mol. The Kier molecular flexibility index (Phi) is 2.27. The summed E-state index contributed by atoms with van der Waals surface area (Å²) in [6.45, 7) is 4.92. The van der Waals surface area contributed by atoms with Crippen LogP contribution in [0.3, 0.4) is 0 Å². The number of nitrogens with zero attached hydrogens (tertiary/aromatic N) is 1. The molecule has 1 fully saturated rings. The van der Waals surface area contributed by atoms with Crippen molar-refractivity contribution in [2.24, 2.45) is 5.92 Å². The Morgan fingerprint density at radius 3 is 2.70 bits per heavy atom. The van der Waals surface area contributed by atoms with Crippen LogP contribution < -0.4 is 5.32 Å². The van der Waals surface area contributed by atoms with Crippen LogP contribution in [0.5, 0.6) is 0 Å². The molecule has 0 spiro atoms. The van der Waals surface area contributed by atoms with Crippen molar-refractivity contribution in [3.63, 3.8) is 0 Å². The number of nitrogens with one attached hydrogen (secondary N) is 1. The highest BCUT2D eigenvalue weighted by Gasteiger charge is 2.23. The van der Waals surface area contributed by atoms with E-state index >= 15 is 0 Å². The fourth-order valence-electron chi connectivity index (χ4n) is 1.24. The van der Waals surface area contributed by atoms with Gasteiger partial charge in [0.05, 0.1) is 6.54 Å². The third-order valence-electron chi connectivity index (χ3n) is 1.79. The first kappa shape index (κ1) is 7.54. The molecule has 58 valence electrons. The molecule has 0 aromatic rings. The van der Waals surface area contributed by atoms with E-state index in [1.165, 1.54) is 0 Å². The molecular formula is C7H14N2O. The number of hydrogen-bond donors (Lipinski definition) is 1. The van der Waals surface area contributed by atoms with Crippen molar-refractivity contribution < 1.29 is 4.79 Å². The lowest BCUT2D eigenvalue weighted by Gasteiger charge is -2.36. The molecule has 1 heterocycles. The number of likely N-dealkylation sites (tertiary alicyclic amines) is 1. The van der Waals surface area contributed by atoms with Crippen LogP contribution in [0.1, 0.15) is 6.92 Å². The molecule has 0 aliphatic carbocycles. The van der Waals surface area contributed by atoms with Crippen molar-refractivity contribution in [3.8, 4) is 0 Å². The van der Waals surface area contributed by atoms with Gasteiger partial charge < -0.3 is 5.32 Å². The van der Waals surface area contributed by atoms with Crippen LogP contribution in [0.25, 0.3) is 0 Å². The predicted octanol–water partition coefficient (Wildman–Crippen LogP) is -0.316. The van der Waals surface area contributed by atoms with Crippen LogP contribution in [-0.4, -0.2) is 37.5 Å². The molecule has 1 aliphatic rings. The summed E-state index contributed by atoms with van der Waals surface area (Å²) in [6, 6.07) is 0. The van der Waals surface area contributed by atoms with Crippen LogP contribution >= 0.6 is 0 Å². The van der Waals surface area contributed by atoms with Crippen LogP contribution in [0, 0.1) is 5.92 Å². The van der Waals surface area contributed by atoms with E-state index in [0.717, 1.165) is 19.0 Å². The summed E-state index contributed by atoms with van der Waals surface area (Å²) in [7, 11) is 1.67. The first-order valence-electron chi connectivity index (χ1n) is 3.65. The fraction of sp³-hybridized carbons (Fsp3) is 0.857. The molecular weight excluding hydrogens is 128 g/mol. The van der Waals surface area contributed by atoms with Gasteiger partial charge >= 0.3 is 0 Å². The summed E-state index contributed by atoms with van der Waals surface area (Å²) in [5.74, 6) is 0.900. The highest BCUT2D eigenvalue weighted by molar-refractivity contribution is 5.77. The molecule has 3 heteroatoms. The molecule has 0 atom stereocenters. The summed E-state index contributed by atoms with van der Waals surface area (Å²) in [5.41, 5.74) is 0. The Balaban J connectivity index is 2.10. The Bertz CT molecular complexity index is 130.